The molecule has 0 saturated heterocycles. The maximum Gasteiger partial charge on any atom is 0.252 e. The maximum absolute atomic E-state index is 13.2. The minimum absolute atomic E-state index is 0.129. The Morgan fingerprint density at radius 1 is 0.903 bits per heavy atom. The summed E-state index contributed by atoms with van der Waals surface area (Å²) < 4.78 is 11.5. The average molecular weight is 418 g/mol. The van der Waals surface area contributed by atoms with Crippen molar-refractivity contribution >= 4 is 5.91 Å². The fourth-order valence-electron chi connectivity index (χ4n) is 3.42. The normalized spacial score (nSPS) is 10.8. The number of rotatable bonds is 11. The lowest BCUT2D eigenvalue weighted by atomic mass is 9.98. The number of ether oxygens (including phenoxy) is 2. The van der Waals surface area contributed by atoms with Crippen molar-refractivity contribution in [2.45, 2.75) is 39.3 Å². The van der Waals surface area contributed by atoms with Crippen molar-refractivity contribution in [3.63, 3.8) is 0 Å². The predicted molar refractivity (Wildman–Crippen MR) is 124 cm³/mol. The van der Waals surface area contributed by atoms with Crippen LogP contribution in [0.4, 0.5) is 0 Å². The van der Waals surface area contributed by atoms with E-state index in [1.807, 2.05) is 85.8 Å². The number of carbonyl (C=O) groups excluding carboxylic acids is 1. The molecule has 0 fully saturated rings. The van der Waals surface area contributed by atoms with Crippen LogP contribution in [0.25, 0.3) is 0 Å². The van der Waals surface area contributed by atoms with Gasteiger partial charge in [0.2, 0.25) is 0 Å². The summed E-state index contributed by atoms with van der Waals surface area (Å²) in [6, 6.07) is 25.3. The van der Waals surface area contributed by atoms with E-state index in [1.165, 1.54) is 0 Å². The van der Waals surface area contributed by atoms with Crippen LogP contribution in [0.3, 0.4) is 0 Å². The van der Waals surface area contributed by atoms with E-state index in [0.29, 0.717) is 25.4 Å². The molecule has 0 unspecified atom stereocenters. The molecule has 162 valence electrons. The van der Waals surface area contributed by atoms with Crippen molar-refractivity contribution in [2.24, 2.45) is 0 Å². The molecule has 1 N–H and O–H groups in total. The van der Waals surface area contributed by atoms with Gasteiger partial charge in [0.05, 0.1) is 19.3 Å². The zero-order chi connectivity index (χ0) is 21.9. The van der Waals surface area contributed by atoms with Crippen molar-refractivity contribution in [1.29, 1.82) is 0 Å². The maximum atomic E-state index is 13.2. The lowest BCUT2D eigenvalue weighted by Crippen LogP contribution is -2.29. The zero-order valence-electron chi connectivity index (χ0n) is 18.3. The second-order valence-corrected chi connectivity index (χ2v) is 7.39. The number of hydrogen-bond acceptors (Lipinski definition) is 3. The zero-order valence-corrected chi connectivity index (χ0v) is 18.3. The molecule has 3 rings (SSSR count). The van der Waals surface area contributed by atoms with Crippen LogP contribution < -0.4 is 10.1 Å². The van der Waals surface area contributed by atoms with Gasteiger partial charge in [0, 0.05) is 17.7 Å². The molecule has 0 aliphatic carbocycles. The van der Waals surface area contributed by atoms with Crippen LogP contribution >= 0.6 is 0 Å². The molecule has 1 amide bonds. The minimum atomic E-state index is -0.231. The Kier molecular flexibility index (Phi) is 8.68. The smallest absolute Gasteiger partial charge is 0.252 e. The Morgan fingerprint density at radius 3 is 2.13 bits per heavy atom. The summed E-state index contributed by atoms with van der Waals surface area (Å²) in [5.41, 5.74) is 3.56. The summed E-state index contributed by atoms with van der Waals surface area (Å²) in [6.45, 7) is 5.78. The van der Waals surface area contributed by atoms with Crippen LogP contribution in [0.5, 0.6) is 5.75 Å². The topological polar surface area (TPSA) is 47.6 Å². The molecule has 0 saturated carbocycles. The second-order valence-electron chi connectivity index (χ2n) is 7.39. The van der Waals surface area contributed by atoms with Gasteiger partial charge in [-0.3, -0.25) is 4.79 Å². The highest BCUT2D eigenvalue weighted by molar-refractivity contribution is 5.95. The van der Waals surface area contributed by atoms with Crippen LogP contribution in [0.15, 0.2) is 78.9 Å². The largest absolute Gasteiger partial charge is 0.494 e. The van der Waals surface area contributed by atoms with Crippen LogP contribution in [0.2, 0.25) is 0 Å². The number of carbonyl (C=O) groups is 1. The monoisotopic (exact) mass is 417 g/mol. The second kappa shape index (κ2) is 11.9. The van der Waals surface area contributed by atoms with Gasteiger partial charge >= 0.3 is 0 Å². The Balaban J connectivity index is 1.82. The molecule has 0 spiro atoms. The summed E-state index contributed by atoms with van der Waals surface area (Å²) in [6.07, 6.45) is 2.10. The first-order valence-electron chi connectivity index (χ1n) is 11.0. The molecule has 0 bridgehead atoms. The minimum Gasteiger partial charge on any atom is -0.494 e. The van der Waals surface area contributed by atoms with Crippen LogP contribution in [0.1, 0.15) is 59.8 Å². The lowest BCUT2D eigenvalue weighted by Gasteiger charge is -2.20. The van der Waals surface area contributed by atoms with E-state index in [1.54, 1.807) is 0 Å². The highest BCUT2D eigenvalue weighted by Crippen LogP contribution is 2.25. The molecule has 0 heterocycles. The van der Waals surface area contributed by atoms with Gasteiger partial charge in [-0.05, 0) is 42.7 Å². The summed E-state index contributed by atoms with van der Waals surface area (Å²) in [5, 5.41) is 3.20. The third-order valence-electron chi connectivity index (χ3n) is 5.06. The molecular formula is C27H31NO3. The fourth-order valence-corrected chi connectivity index (χ4v) is 3.42. The van der Waals surface area contributed by atoms with Crippen LogP contribution in [-0.2, 0) is 11.3 Å². The number of benzene rings is 3. The third-order valence-corrected chi connectivity index (χ3v) is 5.06. The molecule has 4 nitrogen and oxygen atoms in total. The molecule has 31 heavy (non-hydrogen) atoms. The number of unbranched alkanes of at least 4 members (excludes halogenated alkanes) is 1. The van der Waals surface area contributed by atoms with Gasteiger partial charge in [-0.15, -0.1) is 0 Å². The number of hydrogen-bond donors (Lipinski definition) is 1. The Morgan fingerprint density at radius 2 is 1.55 bits per heavy atom. The predicted octanol–water partition coefficient (Wildman–Crippen LogP) is 5.92. The van der Waals surface area contributed by atoms with Crippen molar-refractivity contribution in [3.8, 4) is 5.75 Å². The first-order chi connectivity index (χ1) is 15.2. The van der Waals surface area contributed by atoms with E-state index >= 15 is 0 Å². The molecule has 0 atom stereocenters. The Bertz CT molecular complexity index is 902. The van der Waals surface area contributed by atoms with Gasteiger partial charge in [-0.1, -0.05) is 74.0 Å². The lowest BCUT2D eigenvalue weighted by molar-refractivity contribution is 0.0941. The summed E-state index contributed by atoms with van der Waals surface area (Å²) >= 11 is 0. The first-order valence-corrected chi connectivity index (χ1v) is 11.0. The number of nitrogens with one attached hydrogen (secondary N) is 1. The van der Waals surface area contributed by atoms with E-state index in [-0.39, 0.29) is 11.9 Å². The summed E-state index contributed by atoms with van der Waals surface area (Å²) in [4.78, 5) is 13.2. The van der Waals surface area contributed by atoms with E-state index in [9.17, 15) is 4.79 Å². The molecular weight excluding hydrogens is 386 g/mol. The fraction of sp³-hybridized carbons (Fsp3) is 0.296. The van der Waals surface area contributed by atoms with Crippen LogP contribution in [-0.4, -0.2) is 19.1 Å². The molecule has 3 aromatic carbocycles. The quantitative estimate of drug-likeness (QED) is 0.394. The van der Waals surface area contributed by atoms with Gasteiger partial charge in [-0.25, -0.2) is 0 Å². The van der Waals surface area contributed by atoms with Crippen LogP contribution in [0, 0.1) is 0 Å². The average Bonchev–Trinajstić information content (AvgIpc) is 2.82. The third kappa shape index (κ3) is 6.43. The van der Waals surface area contributed by atoms with Crippen molar-refractivity contribution in [3.05, 3.63) is 101 Å². The molecule has 0 aromatic heterocycles. The highest BCUT2D eigenvalue weighted by Gasteiger charge is 2.18. The van der Waals surface area contributed by atoms with Gasteiger partial charge < -0.3 is 14.8 Å². The Labute approximate surface area is 185 Å². The first kappa shape index (κ1) is 22.6. The molecule has 0 aliphatic rings. The summed E-state index contributed by atoms with van der Waals surface area (Å²) in [5.74, 6) is 0.633. The molecule has 0 aliphatic heterocycles. The molecule has 4 heteroatoms. The van der Waals surface area contributed by atoms with E-state index < -0.39 is 0 Å². The van der Waals surface area contributed by atoms with Crippen molar-refractivity contribution in [2.75, 3.05) is 13.2 Å². The van der Waals surface area contributed by atoms with Crippen molar-refractivity contribution < 1.29 is 14.3 Å². The summed E-state index contributed by atoms with van der Waals surface area (Å²) in [7, 11) is 0. The van der Waals surface area contributed by atoms with Gasteiger partial charge in [0.25, 0.3) is 5.91 Å². The standard InChI is InChI=1S/C27H31NO3/c1-3-5-18-30-20-24-19-23(16-17-25(24)31-4-2)27(29)28-26(21-12-8-6-9-13-21)22-14-10-7-11-15-22/h6-17,19,26H,3-5,18,20H2,1-2H3,(H,28,29). The van der Waals surface area contributed by atoms with E-state index in [0.717, 1.165) is 35.3 Å². The SMILES string of the molecule is CCCCOCc1cc(C(=O)NC(c2ccccc2)c2ccccc2)ccc1OCC. The number of amides is 1. The van der Waals surface area contributed by atoms with Gasteiger partial charge in [-0.2, -0.15) is 0 Å². The van der Waals surface area contributed by atoms with Gasteiger partial charge in [0.1, 0.15) is 5.75 Å². The van der Waals surface area contributed by atoms with Gasteiger partial charge in [0.15, 0.2) is 0 Å². The Hall–Kier alpha value is -3.11. The van der Waals surface area contributed by atoms with Crippen molar-refractivity contribution in [1.82, 2.24) is 5.32 Å². The molecule has 0 radical (unpaired) electrons. The van der Waals surface area contributed by atoms with E-state index in [2.05, 4.69) is 12.2 Å². The van der Waals surface area contributed by atoms with E-state index in [4.69, 9.17) is 9.47 Å². The highest BCUT2D eigenvalue weighted by atomic mass is 16.5. The molecule has 3 aromatic rings.